The molecule has 1 heterocycles. The van der Waals surface area contributed by atoms with Gasteiger partial charge in [0, 0.05) is 0 Å². The zero-order valence-electron chi connectivity index (χ0n) is 9.77. The first-order chi connectivity index (χ1) is 7.72. The van der Waals surface area contributed by atoms with E-state index in [1.807, 2.05) is 18.2 Å². The second-order valence-corrected chi connectivity index (χ2v) is 4.32. The van der Waals surface area contributed by atoms with Gasteiger partial charge in [-0.25, -0.2) is 0 Å². The molecule has 0 saturated carbocycles. The topological polar surface area (TPSA) is 38.7 Å². The first-order valence-electron chi connectivity index (χ1n) is 5.80. The van der Waals surface area contributed by atoms with Crippen LogP contribution in [0, 0.1) is 5.92 Å². The zero-order valence-corrected chi connectivity index (χ0v) is 9.77. The van der Waals surface area contributed by atoms with Crippen molar-refractivity contribution in [3.05, 3.63) is 23.8 Å². The maximum absolute atomic E-state index is 10.2. The normalized spacial score (nSPS) is 17.2. The van der Waals surface area contributed by atoms with Crippen LogP contribution >= 0.6 is 0 Å². The van der Waals surface area contributed by atoms with Gasteiger partial charge in [0.1, 0.15) is 0 Å². The van der Waals surface area contributed by atoms with Crippen molar-refractivity contribution >= 4 is 0 Å². The van der Waals surface area contributed by atoms with Crippen molar-refractivity contribution in [2.45, 2.75) is 32.8 Å². The molecule has 0 saturated heterocycles. The molecule has 1 N–H and O–H groups in total. The average Bonchev–Trinajstić information content (AvgIpc) is 2.75. The van der Waals surface area contributed by atoms with Gasteiger partial charge in [0.25, 0.3) is 0 Å². The molecule has 2 atom stereocenters. The first-order valence-corrected chi connectivity index (χ1v) is 5.80. The Labute approximate surface area is 96.0 Å². The van der Waals surface area contributed by atoms with Crippen LogP contribution in [0.25, 0.3) is 0 Å². The highest BCUT2D eigenvalue weighted by molar-refractivity contribution is 5.45. The molecular formula is C13H18O3. The van der Waals surface area contributed by atoms with Crippen LogP contribution in [0.2, 0.25) is 0 Å². The van der Waals surface area contributed by atoms with E-state index in [0.29, 0.717) is 0 Å². The van der Waals surface area contributed by atoms with Crippen LogP contribution in [-0.2, 0) is 0 Å². The highest BCUT2D eigenvalue weighted by Crippen LogP contribution is 2.36. The molecule has 1 aliphatic heterocycles. The quantitative estimate of drug-likeness (QED) is 0.851. The van der Waals surface area contributed by atoms with Crippen LogP contribution in [0.5, 0.6) is 11.5 Å². The Kier molecular flexibility index (Phi) is 3.34. The predicted molar refractivity (Wildman–Crippen MR) is 61.6 cm³/mol. The number of rotatable bonds is 4. The summed E-state index contributed by atoms with van der Waals surface area (Å²) in [4.78, 5) is 0. The van der Waals surface area contributed by atoms with Crippen molar-refractivity contribution < 1.29 is 14.6 Å². The van der Waals surface area contributed by atoms with Gasteiger partial charge in [0.05, 0.1) is 6.10 Å². The first kappa shape index (κ1) is 11.3. The summed E-state index contributed by atoms with van der Waals surface area (Å²) >= 11 is 0. The van der Waals surface area contributed by atoms with Crippen LogP contribution < -0.4 is 9.47 Å². The van der Waals surface area contributed by atoms with Crippen LogP contribution in [0.1, 0.15) is 38.4 Å². The van der Waals surface area contributed by atoms with Gasteiger partial charge < -0.3 is 14.6 Å². The summed E-state index contributed by atoms with van der Waals surface area (Å²) in [5.74, 6) is 1.77. The summed E-state index contributed by atoms with van der Waals surface area (Å²) in [7, 11) is 0. The Morgan fingerprint density at radius 3 is 2.81 bits per heavy atom. The monoisotopic (exact) mass is 222 g/mol. The van der Waals surface area contributed by atoms with E-state index in [4.69, 9.17) is 9.47 Å². The lowest BCUT2D eigenvalue weighted by molar-refractivity contribution is 0.112. The standard InChI is InChI=1S/C13H18O3/c1-3-4-9(2)13(14)10-5-6-11-12(7-10)16-8-15-11/h5-7,9,13-14H,3-4,8H2,1-2H3. The van der Waals surface area contributed by atoms with E-state index in [0.717, 1.165) is 29.9 Å². The molecule has 3 heteroatoms. The van der Waals surface area contributed by atoms with Gasteiger partial charge in [0.15, 0.2) is 11.5 Å². The molecule has 16 heavy (non-hydrogen) atoms. The highest BCUT2D eigenvalue weighted by Gasteiger charge is 2.19. The number of aliphatic hydroxyl groups is 1. The third-order valence-corrected chi connectivity index (χ3v) is 3.02. The lowest BCUT2D eigenvalue weighted by atomic mass is 9.93. The fourth-order valence-electron chi connectivity index (χ4n) is 2.04. The number of aliphatic hydroxyl groups excluding tert-OH is 1. The van der Waals surface area contributed by atoms with E-state index >= 15 is 0 Å². The molecule has 0 aromatic heterocycles. The molecule has 88 valence electrons. The maximum atomic E-state index is 10.2. The molecule has 1 aromatic carbocycles. The molecule has 2 unspecified atom stereocenters. The lowest BCUT2D eigenvalue weighted by Crippen LogP contribution is -2.08. The molecule has 3 nitrogen and oxygen atoms in total. The average molecular weight is 222 g/mol. The van der Waals surface area contributed by atoms with Crippen LogP contribution in [0.3, 0.4) is 0 Å². The number of hydrogen-bond donors (Lipinski definition) is 1. The Hall–Kier alpha value is -1.22. The predicted octanol–water partition coefficient (Wildman–Crippen LogP) is 2.88. The third kappa shape index (κ3) is 2.14. The number of ether oxygens (including phenoxy) is 2. The molecule has 1 aromatic rings. The Morgan fingerprint density at radius 2 is 2.06 bits per heavy atom. The van der Waals surface area contributed by atoms with E-state index < -0.39 is 6.10 Å². The minimum Gasteiger partial charge on any atom is -0.454 e. The summed E-state index contributed by atoms with van der Waals surface area (Å²) in [5.41, 5.74) is 0.908. The fraction of sp³-hybridized carbons (Fsp3) is 0.538. The van der Waals surface area contributed by atoms with Gasteiger partial charge in [-0.05, 0) is 30.0 Å². The van der Waals surface area contributed by atoms with Gasteiger partial charge in [-0.1, -0.05) is 26.3 Å². The highest BCUT2D eigenvalue weighted by atomic mass is 16.7. The van der Waals surface area contributed by atoms with Gasteiger partial charge in [-0.2, -0.15) is 0 Å². The molecule has 0 amide bonds. The van der Waals surface area contributed by atoms with Gasteiger partial charge >= 0.3 is 0 Å². The van der Waals surface area contributed by atoms with Crippen molar-refractivity contribution in [2.75, 3.05) is 6.79 Å². The molecule has 2 rings (SSSR count). The minimum absolute atomic E-state index is 0.269. The number of hydrogen-bond acceptors (Lipinski definition) is 3. The SMILES string of the molecule is CCCC(C)C(O)c1ccc2c(c1)OCO2. The molecule has 0 bridgehead atoms. The molecule has 0 radical (unpaired) electrons. The molecule has 1 aliphatic rings. The van der Waals surface area contributed by atoms with Crippen molar-refractivity contribution in [1.82, 2.24) is 0 Å². The van der Waals surface area contributed by atoms with Gasteiger partial charge in [-0.15, -0.1) is 0 Å². The molecule has 0 fully saturated rings. The van der Waals surface area contributed by atoms with Crippen LogP contribution in [0.4, 0.5) is 0 Å². The largest absolute Gasteiger partial charge is 0.454 e. The maximum Gasteiger partial charge on any atom is 0.231 e. The van der Waals surface area contributed by atoms with E-state index in [1.165, 1.54) is 0 Å². The van der Waals surface area contributed by atoms with Gasteiger partial charge in [0.2, 0.25) is 6.79 Å². The molecule has 0 spiro atoms. The molecular weight excluding hydrogens is 204 g/mol. The zero-order chi connectivity index (χ0) is 11.5. The Balaban J connectivity index is 2.14. The van der Waals surface area contributed by atoms with Crippen LogP contribution in [0.15, 0.2) is 18.2 Å². The summed E-state index contributed by atoms with van der Waals surface area (Å²) in [6.45, 7) is 4.47. The van der Waals surface area contributed by atoms with E-state index in [9.17, 15) is 5.11 Å². The Morgan fingerprint density at radius 1 is 1.31 bits per heavy atom. The van der Waals surface area contributed by atoms with E-state index in [-0.39, 0.29) is 12.7 Å². The molecule has 0 aliphatic carbocycles. The lowest BCUT2D eigenvalue weighted by Gasteiger charge is -2.18. The second kappa shape index (κ2) is 4.74. The summed E-state index contributed by atoms with van der Waals surface area (Å²) in [6, 6.07) is 5.64. The fourth-order valence-corrected chi connectivity index (χ4v) is 2.04. The Bertz CT molecular complexity index is 362. The third-order valence-electron chi connectivity index (χ3n) is 3.02. The second-order valence-electron chi connectivity index (χ2n) is 4.32. The van der Waals surface area contributed by atoms with Crippen molar-refractivity contribution in [3.8, 4) is 11.5 Å². The van der Waals surface area contributed by atoms with Crippen LogP contribution in [-0.4, -0.2) is 11.9 Å². The summed E-state index contributed by atoms with van der Waals surface area (Å²) in [5, 5.41) is 10.2. The van der Waals surface area contributed by atoms with Crippen molar-refractivity contribution in [1.29, 1.82) is 0 Å². The van der Waals surface area contributed by atoms with Gasteiger partial charge in [-0.3, -0.25) is 0 Å². The smallest absolute Gasteiger partial charge is 0.231 e. The minimum atomic E-state index is -0.422. The number of benzene rings is 1. The van der Waals surface area contributed by atoms with Crippen molar-refractivity contribution in [3.63, 3.8) is 0 Å². The summed E-state index contributed by atoms with van der Waals surface area (Å²) < 4.78 is 10.5. The number of fused-ring (bicyclic) bond motifs is 1. The van der Waals surface area contributed by atoms with E-state index in [2.05, 4.69) is 13.8 Å². The van der Waals surface area contributed by atoms with E-state index in [1.54, 1.807) is 0 Å². The van der Waals surface area contributed by atoms with Crippen molar-refractivity contribution in [2.24, 2.45) is 5.92 Å². The summed E-state index contributed by atoms with van der Waals surface area (Å²) in [6.07, 6.45) is 1.69.